The van der Waals surface area contributed by atoms with Gasteiger partial charge in [0, 0.05) is 4.47 Å². The minimum Gasteiger partial charge on any atom is -0.202 e. The lowest BCUT2D eigenvalue weighted by Gasteiger charge is -2.11. The fourth-order valence-electron chi connectivity index (χ4n) is 1.50. The van der Waals surface area contributed by atoms with Crippen LogP contribution in [0.2, 0.25) is 0 Å². The summed E-state index contributed by atoms with van der Waals surface area (Å²) in [6.45, 7) is 0. The molecule has 0 unspecified atom stereocenters. The molecule has 13 heteroatoms. The molecule has 0 amide bonds. The molecule has 0 nitrogen and oxygen atoms in total. The van der Waals surface area contributed by atoms with Gasteiger partial charge in [0.25, 0.3) is 0 Å². The minimum atomic E-state index is -4.79. The summed E-state index contributed by atoms with van der Waals surface area (Å²) in [6.07, 6.45) is -9.58. The number of rotatable bonds is 0. The highest BCUT2D eigenvalue weighted by molar-refractivity contribution is 9.10. The lowest BCUT2D eigenvalue weighted by atomic mass is 10.1. The monoisotopic (exact) mass is 538 g/mol. The summed E-state index contributed by atoms with van der Waals surface area (Å²) in [5.41, 5.74) is -2.66. The van der Waals surface area contributed by atoms with Gasteiger partial charge < -0.3 is 0 Å². The average molecular weight is 540 g/mol. The zero-order chi connectivity index (χ0) is 21.3. The Bertz CT molecular complexity index is 703. The fourth-order valence-corrected chi connectivity index (χ4v) is 2.34. The first-order valence-corrected chi connectivity index (χ1v) is 7.77. The van der Waals surface area contributed by atoms with E-state index in [4.69, 9.17) is 0 Å². The van der Waals surface area contributed by atoms with E-state index in [1.807, 2.05) is 0 Å². The normalized spacial score (nSPS) is 11.9. The van der Waals surface area contributed by atoms with Crippen LogP contribution in [0.5, 0.6) is 0 Å². The molecule has 0 N–H and O–H groups in total. The summed E-state index contributed by atoms with van der Waals surface area (Å²) in [7, 11) is 0. The molecule has 150 valence electrons. The molecule has 0 aliphatic heterocycles. The van der Waals surface area contributed by atoms with Crippen LogP contribution in [0.3, 0.4) is 0 Å². The Hall–Kier alpha value is -1.37. The molecule has 0 spiro atoms. The van der Waals surface area contributed by atoms with Gasteiger partial charge in [-0.1, -0.05) is 15.9 Å². The van der Waals surface area contributed by atoms with E-state index in [2.05, 4.69) is 31.9 Å². The van der Waals surface area contributed by atoms with Crippen molar-refractivity contribution in [2.24, 2.45) is 0 Å². The highest BCUT2D eigenvalue weighted by atomic mass is 79.9. The molecular formula is C14H3Br2F11. The first-order valence-electron chi connectivity index (χ1n) is 6.19. The van der Waals surface area contributed by atoms with Crippen molar-refractivity contribution in [3.63, 3.8) is 0 Å². The van der Waals surface area contributed by atoms with Crippen molar-refractivity contribution in [1.29, 1.82) is 0 Å². The van der Waals surface area contributed by atoms with Crippen LogP contribution in [0, 0.1) is 29.1 Å². The average Bonchev–Trinajstić information content (AvgIpc) is 2.55. The topological polar surface area (TPSA) is 0 Å². The predicted molar refractivity (Wildman–Crippen MR) is 78.1 cm³/mol. The molecule has 2 aromatic rings. The summed E-state index contributed by atoms with van der Waals surface area (Å²) in [5.74, 6) is -9.81. The second-order valence-electron chi connectivity index (χ2n) is 4.61. The van der Waals surface area contributed by atoms with E-state index in [9.17, 15) is 48.3 Å². The van der Waals surface area contributed by atoms with E-state index in [1.54, 1.807) is 0 Å². The molecule has 2 rings (SSSR count). The zero-order valence-electron chi connectivity index (χ0n) is 12.1. The van der Waals surface area contributed by atoms with Gasteiger partial charge >= 0.3 is 12.4 Å². The van der Waals surface area contributed by atoms with E-state index < -0.39 is 57.0 Å². The van der Waals surface area contributed by atoms with Crippen molar-refractivity contribution >= 4 is 31.9 Å². The van der Waals surface area contributed by atoms with Crippen molar-refractivity contribution < 1.29 is 48.3 Å². The Balaban J connectivity index is 0.000000277. The molecule has 0 fully saturated rings. The van der Waals surface area contributed by atoms with Crippen LogP contribution in [-0.2, 0) is 12.4 Å². The molecule has 0 atom stereocenters. The van der Waals surface area contributed by atoms with Gasteiger partial charge in [-0.25, -0.2) is 22.0 Å². The molecule has 0 saturated carbocycles. The molecular weight excluding hydrogens is 537 g/mol. The van der Waals surface area contributed by atoms with Crippen molar-refractivity contribution in [2.75, 3.05) is 0 Å². The SMILES string of the molecule is FC(F)(F)c1cc(Br)cc(C(F)(F)F)c1.Fc1c(F)c(F)c(Br)c(F)c1F. The number of alkyl halides is 6. The Labute approximate surface area is 160 Å². The quantitative estimate of drug-likeness (QED) is 0.183. The smallest absolute Gasteiger partial charge is 0.202 e. The van der Waals surface area contributed by atoms with Gasteiger partial charge in [0.05, 0.1) is 15.6 Å². The molecule has 2 aromatic carbocycles. The Morgan fingerprint density at radius 1 is 0.519 bits per heavy atom. The summed E-state index contributed by atoms with van der Waals surface area (Å²) in [5, 5.41) is 0. The Morgan fingerprint density at radius 3 is 1.11 bits per heavy atom. The maximum absolute atomic E-state index is 12.4. The largest absolute Gasteiger partial charge is 0.416 e. The Kier molecular flexibility index (Phi) is 7.30. The van der Waals surface area contributed by atoms with Gasteiger partial charge in [0.2, 0.25) is 5.82 Å². The van der Waals surface area contributed by atoms with Crippen LogP contribution in [-0.4, -0.2) is 0 Å². The maximum atomic E-state index is 12.4. The molecule has 0 aliphatic carbocycles. The first-order chi connectivity index (χ1) is 12.1. The lowest BCUT2D eigenvalue weighted by molar-refractivity contribution is -0.143. The zero-order valence-corrected chi connectivity index (χ0v) is 15.3. The molecule has 0 heterocycles. The lowest BCUT2D eigenvalue weighted by Crippen LogP contribution is -2.10. The highest BCUT2D eigenvalue weighted by Crippen LogP contribution is 2.37. The minimum absolute atomic E-state index is 0.0742. The van der Waals surface area contributed by atoms with Crippen LogP contribution in [0.15, 0.2) is 27.1 Å². The predicted octanol–water partition coefficient (Wildman–Crippen LogP) is 7.63. The molecule has 0 radical (unpaired) electrons. The van der Waals surface area contributed by atoms with Gasteiger partial charge in [-0.05, 0) is 34.1 Å². The van der Waals surface area contributed by atoms with Crippen molar-refractivity contribution in [1.82, 2.24) is 0 Å². The van der Waals surface area contributed by atoms with E-state index >= 15 is 0 Å². The van der Waals surface area contributed by atoms with Crippen molar-refractivity contribution in [3.05, 3.63) is 67.4 Å². The van der Waals surface area contributed by atoms with Crippen LogP contribution in [0.4, 0.5) is 48.3 Å². The third-order valence-corrected chi connectivity index (χ3v) is 3.86. The molecule has 27 heavy (non-hydrogen) atoms. The van der Waals surface area contributed by atoms with Crippen LogP contribution < -0.4 is 0 Å². The summed E-state index contributed by atoms with van der Waals surface area (Å²) < 4.78 is 133. The first kappa shape index (κ1) is 23.7. The van der Waals surface area contributed by atoms with Gasteiger partial charge in [0.15, 0.2) is 23.3 Å². The summed E-state index contributed by atoms with van der Waals surface area (Å²) in [4.78, 5) is 0. The summed E-state index contributed by atoms with van der Waals surface area (Å²) >= 11 is 4.82. The van der Waals surface area contributed by atoms with E-state index in [0.29, 0.717) is 12.1 Å². The van der Waals surface area contributed by atoms with E-state index in [-0.39, 0.29) is 10.5 Å². The third-order valence-electron chi connectivity index (χ3n) is 2.71. The number of hydrogen-bond donors (Lipinski definition) is 0. The highest BCUT2D eigenvalue weighted by Gasteiger charge is 2.36. The van der Waals surface area contributed by atoms with Crippen LogP contribution in [0.1, 0.15) is 11.1 Å². The van der Waals surface area contributed by atoms with E-state index in [0.717, 1.165) is 0 Å². The molecule has 0 aromatic heterocycles. The molecule has 0 aliphatic rings. The number of hydrogen-bond acceptors (Lipinski definition) is 0. The Morgan fingerprint density at radius 2 is 0.815 bits per heavy atom. The maximum Gasteiger partial charge on any atom is 0.416 e. The van der Waals surface area contributed by atoms with E-state index in [1.165, 1.54) is 0 Å². The standard InChI is InChI=1S/C8H3BrF6.C6BrF5/c9-6-2-4(7(10,11)12)1-5(3-6)8(13,14)15;7-1-2(8)4(10)6(12)5(11)3(1)9/h1-3H;. The second kappa shape index (κ2) is 8.33. The summed E-state index contributed by atoms with van der Waals surface area (Å²) in [6, 6.07) is 1.26. The van der Waals surface area contributed by atoms with Gasteiger partial charge in [0.1, 0.15) is 0 Å². The number of benzene rings is 2. The van der Waals surface area contributed by atoms with Crippen molar-refractivity contribution in [2.45, 2.75) is 12.4 Å². The van der Waals surface area contributed by atoms with Crippen molar-refractivity contribution in [3.8, 4) is 0 Å². The fraction of sp³-hybridized carbons (Fsp3) is 0.143. The van der Waals surface area contributed by atoms with Crippen LogP contribution in [0.25, 0.3) is 0 Å². The van der Waals surface area contributed by atoms with Gasteiger partial charge in [-0.3, -0.25) is 0 Å². The molecule has 0 bridgehead atoms. The third kappa shape index (κ3) is 5.80. The molecule has 0 saturated heterocycles. The van der Waals surface area contributed by atoms with Gasteiger partial charge in [-0.15, -0.1) is 0 Å². The number of halogens is 13. The van der Waals surface area contributed by atoms with Crippen LogP contribution >= 0.6 is 31.9 Å². The van der Waals surface area contributed by atoms with Gasteiger partial charge in [-0.2, -0.15) is 26.3 Å². The second-order valence-corrected chi connectivity index (χ2v) is 6.32.